The van der Waals surface area contributed by atoms with E-state index in [4.69, 9.17) is 33.2 Å². The third-order valence-corrected chi connectivity index (χ3v) is 12.7. The summed E-state index contributed by atoms with van der Waals surface area (Å²) in [7, 11) is 6.90. The predicted molar refractivity (Wildman–Crippen MR) is 212 cm³/mol. The van der Waals surface area contributed by atoms with Crippen LogP contribution in [-0.4, -0.2) is 155 Å². The van der Waals surface area contributed by atoms with Crippen LogP contribution in [0.1, 0.15) is 109 Å². The maximum atomic E-state index is 14.4. The highest BCUT2D eigenvalue weighted by Gasteiger charge is 2.54. The van der Waals surface area contributed by atoms with Gasteiger partial charge < -0.3 is 58.5 Å². The lowest BCUT2D eigenvalue weighted by Gasteiger charge is -2.50. The summed E-state index contributed by atoms with van der Waals surface area (Å²) in [5.74, 6) is -3.47. The molecule has 0 aliphatic carbocycles. The number of esters is 1. The van der Waals surface area contributed by atoms with E-state index in [-0.39, 0.29) is 31.4 Å². The zero-order valence-electron chi connectivity index (χ0n) is 36.9. The molecule has 0 spiro atoms. The number of methoxy groups -OCH3 is 2. The van der Waals surface area contributed by atoms with E-state index in [1.807, 2.05) is 60.5 Å². The molecule has 3 aliphatic heterocycles. The van der Waals surface area contributed by atoms with Gasteiger partial charge in [0.15, 0.2) is 12.6 Å². The van der Waals surface area contributed by atoms with Crippen LogP contribution in [-0.2, 0) is 38.0 Å². The van der Waals surface area contributed by atoms with Gasteiger partial charge in [-0.25, -0.2) is 0 Å². The van der Waals surface area contributed by atoms with Crippen molar-refractivity contribution in [2.75, 3.05) is 28.3 Å². The second-order valence-electron chi connectivity index (χ2n) is 17.8. The predicted octanol–water partition coefficient (Wildman–Crippen LogP) is 3.71. The fourth-order valence-electron chi connectivity index (χ4n) is 8.94. The number of carbonyl (C=O) groups excluding carboxylic acids is 1. The van der Waals surface area contributed by atoms with Crippen LogP contribution in [0.5, 0.6) is 0 Å². The van der Waals surface area contributed by atoms with E-state index in [1.54, 1.807) is 41.7 Å². The molecule has 3 aliphatic rings. The van der Waals surface area contributed by atoms with Crippen LogP contribution in [0.2, 0.25) is 0 Å². The van der Waals surface area contributed by atoms with Gasteiger partial charge in [-0.15, -0.1) is 0 Å². The summed E-state index contributed by atoms with van der Waals surface area (Å²) in [5.41, 5.74) is -2.88. The van der Waals surface area contributed by atoms with Gasteiger partial charge in [0.2, 0.25) is 0 Å². The summed E-state index contributed by atoms with van der Waals surface area (Å²) in [6, 6.07) is -0.267. The lowest BCUT2D eigenvalue weighted by Crippen LogP contribution is -2.61. The minimum atomic E-state index is -1.89. The number of rotatable bonds is 9. The van der Waals surface area contributed by atoms with Crippen molar-refractivity contribution in [2.45, 2.75) is 193 Å². The van der Waals surface area contributed by atoms with Crippen LogP contribution in [0.15, 0.2) is 10.2 Å². The Labute approximate surface area is 335 Å². The highest BCUT2D eigenvalue weighted by molar-refractivity contribution is 5.90. The van der Waals surface area contributed by atoms with Crippen molar-refractivity contribution >= 4 is 17.4 Å². The number of cyclic esters (lactones) is 1. The molecule has 0 bridgehead atoms. The third kappa shape index (κ3) is 10.8. The molecule has 0 aromatic heterocycles. The monoisotopic (exact) mass is 802 g/mol. The van der Waals surface area contributed by atoms with Crippen LogP contribution in [0.4, 0.5) is 0 Å². The molecule has 3 fully saturated rings. The lowest BCUT2D eigenvalue weighted by atomic mass is 9.73. The van der Waals surface area contributed by atoms with Crippen LogP contribution in [0.25, 0.3) is 0 Å². The quantitative estimate of drug-likeness (QED) is 0.150. The molecule has 4 N–H and O–H groups in total. The topological polar surface area (TPSA) is 191 Å². The molecule has 15 heteroatoms. The van der Waals surface area contributed by atoms with Gasteiger partial charge in [-0.1, -0.05) is 27.7 Å². The van der Waals surface area contributed by atoms with Crippen molar-refractivity contribution in [3.63, 3.8) is 0 Å². The normalized spacial score (nSPS) is 47.0. The number of aliphatic hydroxyl groups excluding tert-OH is 3. The maximum Gasteiger partial charge on any atom is 0.311 e. The zero-order chi connectivity index (χ0) is 42.7. The van der Waals surface area contributed by atoms with Crippen LogP contribution >= 0.6 is 0 Å². The zero-order valence-corrected chi connectivity index (χ0v) is 36.9. The highest BCUT2D eigenvalue weighted by atomic mass is 16.7. The Bertz CT molecular complexity index is 1340. The van der Waals surface area contributed by atoms with E-state index in [0.717, 1.165) is 0 Å². The second-order valence-corrected chi connectivity index (χ2v) is 17.8. The summed E-state index contributed by atoms with van der Waals surface area (Å²) in [4.78, 5) is 16.3. The first-order chi connectivity index (χ1) is 25.9. The summed E-state index contributed by atoms with van der Waals surface area (Å²) in [6.07, 6.45) is -8.10. The molecule has 3 heterocycles. The third-order valence-electron chi connectivity index (χ3n) is 12.7. The molecule has 0 radical (unpaired) electrons. The maximum absolute atomic E-state index is 14.4. The van der Waals surface area contributed by atoms with Gasteiger partial charge in [-0.05, 0) is 94.7 Å². The molecular formula is C41H75N3O12. The molecule has 8 unspecified atom stereocenters. The van der Waals surface area contributed by atoms with Gasteiger partial charge in [0.25, 0.3) is 0 Å². The summed E-state index contributed by atoms with van der Waals surface area (Å²) in [5, 5.41) is 55.6. The molecule has 0 saturated carbocycles. The molecule has 0 aromatic rings. The second kappa shape index (κ2) is 19.6. The first-order valence-corrected chi connectivity index (χ1v) is 20.3. The Morgan fingerprint density at radius 3 is 2.04 bits per heavy atom. The molecule has 3 rings (SSSR count). The number of hydrogen-bond donors (Lipinski definition) is 4. The standard InChI is InChI=1S/C41H75N3O12/c1-17-29-41(12,49)34(46)24(6)31(43-42-21(2)3)22(4)19-40(11,51-16)36(56-38-32(45)28(44(13)14)18-23(5)52-38)25(7)33(26(8)37(48)54-29)55-30-20-39(10,50-15)35(47)27(9)53-30/h22-30,32-36,38,45-47,49H,17-20H2,1-16H3/b43-31-/t22-,23?,24+,25+,26-,27?,28?,29-,30?,32?,33+,34-,35?,36-,38?,39?,40-,41-/m1/s1. The molecule has 56 heavy (non-hydrogen) atoms. The molecule has 0 aromatic carbocycles. The SMILES string of the molecule is CC[C@H]1OC(=O)[C@H](C)[C@@H](OC2CC(C)(OC)C(O)C(C)O2)[C@H](C)[C@@H](OC2OC(C)CC(N(C)C)C2O)[C@](C)(OC)C[C@@H](C)/C(=N/N=C(C)C)[C@H](C)[C@@H](O)[C@]1(C)O. The van der Waals surface area contributed by atoms with Crippen molar-refractivity contribution in [1.29, 1.82) is 0 Å². The first-order valence-electron chi connectivity index (χ1n) is 20.3. The number of nitrogens with zero attached hydrogens (tertiary/aromatic N) is 3. The Balaban J connectivity index is 2.31. The van der Waals surface area contributed by atoms with Crippen LogP contribution < -0.4 is 0 Å². The van der Waals surface area contributed by atoms with E-state index < -0.39 is 102 Å². The van der Waals surface area contributed by atoms with Gasteiger partial charge in [0, 0.05) is 49.9 Å². The Morgan fingerprint density at radius 2 is 1.50 bits per heavy atom. The lowest BCUT2D eigenvalue weighted by molar-refractivity contribution is -0.319. The van der Waals surface area contributed by atoms with Crippen molar-refractivity contribution in [1.82, 2.24) is 4.90 Å². The fourth-order valence-corrected chi connectivity index (χ4v) is 8.94. The number of aliphatic hydroxyl groups is 4. The number of carbonyl (C=O) groups is 1. The highest BCUT2D eigenvalue weighted by Crippen LogP contribution is 2.42. The molecule has 326 valence electrons. The Hall–Kier alpha value is -1.63. The average molecular weight is 802 g/mol. The van der Waals surface area contributed by atoms with Crippen molar-refractivity contribution in [3.8, 4) is 0 Å². The van der Waals surface area contributed by atoms with Gasteiger partial charge in [-0.3, -0.25) is 4.79 Å². The van der Waals surface area contributed by atoms with Gasteiger partial charge in [0.05, 0.1) is 47.6 Å². The molecule has 0 amide bonds. The molecular weight excluding hydrogens is 726 g/mol. The van der Waals surface area contributed by atoms with Gasteiger partial charge in [-0.2, -0.15) is 10.2 Å². The number of likely N-dealkylation sites (N-methyl/N-ethyl adjacent to an activating group) is 1. The fraction of sp³-hybridized carbons (Fsp3) is 0.927. The van der Waals surface area contributed by atoms with E-state index in [2.05, 4.69) is 10.2 Å². The minimum absolute atomic E-state index is 0.143. The smallest absolute Gasteiger partial charge is 0.311 e. The molecule has 15 nitrogen and oxygen atoms in total. The summed E-state index contributed by atoms with van der Waals surface area (Å²) >= 11 is 0. The number of hydrogen-bond acceptors (Lipinski definition) is 15. The molecule has 3 saturated heterocycles. The van der Waals surface area contributed by atoms with E-state index in [1.165, 1.54) is 14.0 Å². The Morgan fingerprint density at radius 1 is 0.893 bits per heavy atom. The van der Waals surface area contributed by atoms with Gasteiger partial charge >= 0.3 is 5.97 Å². The van der Waals surface area contributed by atoms with Crippen molar-refractivity contribution in [2.24, 2.45) is 33.9 Å². The summed E-state index contributed by atoms with van der Waals surface area (Å²) < 4.78 is 44.6. The largest absolute Gasteiger partial charge is 0.459 e. The average Bonchev–Trinajstić information content (AvgIpc) is 3.13. The van der Waals surface area contributed by atoms with Crippen molar-refractivity contribution < 1.29 is 58.4 Å². The summed E-state index contributed by atoms with van der Waals surface area (Å²) in [6.45, 7) is 21.5. The first kappa shape index (κ1) is 48.7. The van der Waals surface area contributed by atoms with E-state index >= 15 is 0 Å². The number of ether oxygens (including phenoxy) is 7. The van der Waals surface area contributed by atoms with Crippen LogP contribution in [0.3, 0.4) is 0 Å². The molecule has 18 atom stereocenters. The van der Waals surface area contributed by atoms with Crippen LogP contribution in [0, 0.1) is 23.7 Å². The Kier molecular flexibility index (Phi) is 17.1. The van der Waals surface area contributed by atoms with E-state index in [0.29, 0.717) is 17.8 Å². The van der Waals surface area contributed by atoms with Gasteiger partial charge in [0.1, 0.15) is 23.9 Å². The minimum Gasteiger partial charge on any atom is -0.459 e. The van der Waals surface area contributed by atoms with Crippen molar-refractivity contribution in [3.05, 3.63) is 0 Å². The van der Waals surface area contributed by atoms with E-state index in [9.17, 15) is 25.2 Å².